The first kappa shape index (κ1) is 28.8. The second-order valence-electron chi connectivity index (χ2n) is 13.2. The van der Waals surface area contributed by atoms with Crippen LogP contribution in [0.1, 0.15) is 55.0 Å². The molecule has 0 unspecified atom stereocenters. The minimum Gasteiger partial charge on any atom is -0.313 e. The van der Waals surface area contributed by atoms with Crippen LogP contribution in [0.2, 0.25) is 0 Å². The Balaban J connectivity index is 1.23. The van der Waals surface area contributed by atoms with Crippen molar-refractivity contribution in [2.75, 3.05) is 0 Å². The number of rotatable bonds is 5. The molecule has 0 amide bonds. The molecular formula is C44H34N6. The Hall–Kier alpha value is -6.14. The zero-order valence-electron chi connectivity index (χ0n) is 27.6. The molecule has 0 saturated heterocycles. The second-order valence-corrected chi connectivity index (χ2v) is 13.2. The van der Waals surface area contributed by atoms with Crippen molar-refractivity contribution in [1.29, 1.82) is 0 Å². The molecule has 3 aromatic carbocycles. The van der Waals surface area contributed by atoms with Crippen LogP contribution in [-0.4, -0.2) is 29.1 Å². The maximum atomic E-state index is 5.36. The van der Waals surface area contributed by atoms with Crippen LogP contribution in [-0.2, 0) is 6.42 Å². The smallest absolute Gasteiger partial charge is 0.182 e. The highest BCUT2D eigenvalue weighted by molar-refractivity contribution is 6.20. The van der Waals surface area contributed by atoms with Crippen LogP contribution in [0, 0.1) is 0 Å². The van der Waals surface area contributed by atoms with Crippen LogP contribution >= 0.6 is 0 Å². The van der Waals surface area contributed by atoms with Gasteiger partial charge in [0, 0.05) is 38.7 Å². The van der Waals surface area contributed by atoms with Crippen LogP contribution in [0.3, 0.4) is 0 Å². The van der Waals surface area contributed by atoms with E-state index in [4.69, 9.17) is 19.9 Å². The first-order valence-corrected chi connectivity index (χ1v) is 17.6. The molecule has 0 saturated carbocycles. The molecule has 3 aliphatic carbocycles. The third-order valence-corrected chi connectivity index (χ3v) is 10.1. The normalized spacial score (nSPS) is 15.5. The first-order valence-electron chi connectivity index (χ1n) is 17.6. The summed E-state index contributed by atoms with van der Waals surface area (Å²) in [5.74, 6) is 2.84. The Morgan fingerprint density at radius 1 is 0.560 bits per heavy atom. The predicted molar refractivity (Wildman–Crippen MR) is 204 cm³/mol. The zero-order chi connectivity index (χ0) is 33.0. The molecule has 10 rings (SSSR count). The average Bonchev–Trinajstić information content (AvgIpc) is 3.72. The molecule has 0 atom stereocenters. The Labute approximate surface area is 290 Å². The largest absolute Gasteiger partial charge is 0.313 e. The van der Waals surface area contributed by atoms with E-state index in [2.05, 4.69) is 137 Å². The summed E-state index contributed by atoms with van der Waals surface area (Å²) in [5, 5.41) is 3.67. The summed E-state index contributed by atoms with van der Waals surface area (Å²) in [6.45, 7) is 0. The molecule has 4 aromatic heterocycles. The van der Waals surface area contributed by atoms with Gasteiger partial charge in [0.05, 0.1) is 16.6 Å². The Morgan fingerprint density at radius 3 is 2.28 bits per heavy atom. The van der Waals surface area contributed by atoms with Crippen LogP contribution in [0.25, 0.3) is 73.0 Å². The number of nitrogens with zero attached hydrogens (tertiary/aromatic N) is 6. The summed E-state index contributed by atoms with van der Waals surface area (Å²) in [5.41, 5.74) is 10.2. The molecule has 7 aromatic rings. The van der Waals surface area contributed by atoms with Gasteiger partial charge in [0.2, 0.25) is 0 Å². The lowest BCUT2D eigenvalue weighted by Crippen LogP contribution is -2.07. The minimum absolute atomic E-state index is 0.587. The first-order chi connectivity index (χ1) is 24.8. The lowest BCUT2D eigenvalue weighted by Gasteiger charge is -2.13. The molecule has 3 aliphatic rings. The fraction of sp³-hybridized carbons (Fsp3) is 0.136. The van der Waals surface area contributed by atoms with Crippen molar-refractivity contribution in [2.45, 2.75) is 38.5 Å². The number of hydrogen-bond acceptors (Lipinski definition) is 4. The molecule has 0 spiro atoms. The maximum absolute atomic E-state index is 5.36. The lowest BCUT2D eigenvalue weighted by atomic mass is 10.0. The van der Waals surface area contributed by atoms with Crippen molar-refractivity contribution in [3.63, 3.8) is 0 Å². The molecular weight excluding hydrogens is 613 g/mol. The number of aromatic nitrogens is 6. The summed E-state index contributed by atoms with van der Waals surface area (Å²) in [4.78, 5) is 20.4. The standard InChI is InChI=1S/C44H34N6/c1-4-15-29(16-5-1)42-46-43(30-17-6-2-7-18-30)48-44(47-42)35-23-14-26-39(45-35)50-36-24-12-10-21-32(36)33-27-28-38-40(41(33)50)34-22-11-13-25-37(34)49(38)31-19-8-3-9-20-31/h1,3-4,6,8-12,14-15,17-24,26-28H,2,5,7,13,16,25H2. The van der Waals surface area contributed by atoms with E-state index >= 15 is 0 Å². The van der Waals surface area contributed by atoms with Crippen LogP contribution < -0.4 is 0 Å². The van der Waals surface area contributed by atoms with Crippen LogP contribution in [0.5, 0.6) is 0 Å². The van der Waals surface area contributed by atoms with Crippen molar-refractivity contribution in [1.82, 2.24) is 29.1 Å². The number of pyridine rings is 1. The molecule has 4 heterocycles. The fourth-order valence-corrected chi connectivity index (χ4v) is 7.87. The van der Waals surface area contributed by atoms with Gasteiger partial charge in [0.15, 0.2) is 17.5 Å². The van der Waals surface area contributed by atoms with Crippen molar-refractivity contribution in [3.8, 4) is 23.0 Å². The molecule has 6 heteroatoms. The van der Waals surface area contributed by atoms with Crippen LogP contribution in [0.4, 0.5) is 0 Å². The van der Waals surface area contributed by atoms with E-state index in [0.29, 0.717) is 11.6 Å². The van der Waals surface area contributed by atoms with E-state index in [1.807, 2.05) is 6.07 Å². The molecule has 0 bridgehead atoms. The van der Waals surface area contributed by atoms with Gasteiger partial charge in [-0.05, 0) is 80.5 Å². The molecule has 0 aliphatic heterocycles. The van der Waals surface area contributed by atoms with E-state index < -0.39 is 0 Å². The van der Waals surface area contributed by atoms with Gasteiger partial charge in [-0.15, -0.1) is 0 Å². The highest BCUT2D eigenvalue weighted by Crippen LogP contribution is 2.42. The van der Waals surface area contributed by atoms with Crippen LogP contribution in [0.15, 0.2) is 127 Å². The topological polar surface area (TPSA) is 61.4 Å². The Bertz CT molecular complexity index is 2640. The van der Waals surface area contributed by atoms with Gasteiger partial charge in [0.1, 0.15) is 11.5 Å². The summed E-state index contributed by atoms with van der Waals surface area (Å²) in [6.07, 6.45) is 23.5. The van der Waals surface area contributed by atoms with E-state index in [1.165, 1.54) is 44.1 Å². The van der Waals surface area contributed by atoms with Gasteiger partial charge in [-0.25, -0.2) is 19.9 Å². The van der Waals surface area contributed by atoms with Crippen molar-refractivity contribution < 1.29 is 0 Å². The van der Waals surface area contributed by atoms with Gasteiger partial charge >= 0.3 is 0 Å². The summed E-state index contributed by atoms with van der Waals surface area (Å²) >= 11 is 0. The van der Waals surface area contributed by atoms with Gasteiger partial charge < -0.3 is 4.57 Å². The van der Waals surface area contributed by atoms with Crippen molar-refractivity contribution in [2.24, 2.45) is 0 Å². The summed E-state index contributed by atoms with van der Waals surface area (Å²) in [6, 6.07) is 30.2. The van der Waals surface area contributed by atoms with Gasteiger partial charge in [-0.2, -0.15) is 0 Å². The third-order valence-electron chi connectivity index (χ3n) is 10.1. The fourth-order valence-electron chi connectivity index (χ4n) is 7.87. The van der Waals surface area contributed by atoms with Gasteiger partial charge in [-0.1, -0.05) is 97.1 Å². The molecule has 0 radical (unpaired) electrons. The SMILES string of the molecule is C1=CCCC(c2nc(C3=CCCC=C3)nc(-c3cccc(-n4c5ccccc5c5ccc6c(c7c(n6-c6ccccc6)CCC=C7)c54)n3)n2)=C1. The van der Waals surface area contributed by atoms with Gasteiger partial charge in [-0.3, -0.25) is 4.57 Å². The molecule has 0 N–H and O–H groups in total. The van der Waals surface area contributed by atoms with Gasteiger partial charge in [0.25, 0.3) is 0 Å². The maximum Gasteiger partial charge on any atom is 0.182 e. The Kier molecular flexibility index (Phi) is 6.79. The Morgan fingerprint density at radius 2 is 1.40 bits per heavy atom. The van der Waals surface area contributed by atoms with E-state index in [1.54, 1.807) is 0 Å². The predicted octanol–water partition coefficient (Wildman–Crippen LogP) is 10.4. The molecule has 6 nitrogen and oxygen atoms in total. The van der Waals surface area contributed by atoms with E-state index in [0.717, 1.165) is 72.5 Å². The lowest BCUT2D eigenvalue weighted by molar-refractivity contribution is 0.888. The zero-order valence-corrected chi connectivity index (χ0v) is 27.6. The highest BCUT2D eigenvalue weighted by Gasteiger charge is 2.25. The van der Waals surface area contributed by atoms with E-state index in [9.17, 15) is 0 Å². The molecule has 0 fully saturated rings. The summed E-state index contributed by atoms with van der Waals surface area (Å²) in [7, 11) is 0. The van der Waals surface area contributed by atoms with Crippen molar-refractivity contribution in [3.05, 3.63) is 150 Å². The second kappa shape index (κ2) is 11.8. The number of hydrogen-bond donors (Lipinski definition) is 0. The molecule has 240 valence electrons. The number of para-hydroxylation sites is 2. The third kappa shape index (κ3) is 4.63. The minimum atomic E-state index is 0.587. The highest BCUT2D eigenvalue weighted by atomic mass is 15.1. The quantitative estimate of drug-likeness (QED) is 0.187. The van der Waals surface area contributed by atoms with E-state index in [-0.39, 0.29) is 0 Å². The molecule has 50 heavy (non-hydrogen) atoms. The number of allylic oxidation sites excluding steroid dienone is 9. The van der Waals surface area contributed by atoms with Crippen molar-refractivity contribution >= 4 is 49.9 Å². The monoisotopic (exact) mass is 646 g/mol. The average molecular weight is 647 g/mol. The number of fused-ring (bicyclic) bond motifs is 7. The number of benzene rings is 3. The summed E-state index contributed by atoms with van der Waals surface area (Å²) < 4.78 is 4.80.